The molecule has 3 aromatic carbocycles. The van der Waals surface area contributed by atoms with Crippen molar-refractivity contribution in [3.8, 4) is 11.5 Å². The maximum atomic E-state index is 12.5. The molecule has 5 nitrogen and oxygen atoms in total. The van der Waals surface area contributed by atoms with E-state index in [1.54, 1.807) is 19.2 Å². The average molecular weight is 362 g/mol. The number of benzene rings is 3. The predicted octanol–water partition coefficient (Wildman–Crippen LogP) is 3.81. The van der Waals surface area contributed by atoms with E-state index in [1.165, 1.54) is 0 Å². The monoisotopic (exact) mass is 362 g/mol. The van der Waals surface area contributed by atoms with Crippen LogP contribution in [-0.2, 0) is 11.3 Å². The lowest BCUT2D eigenvalue weighted by atomic mass is 10.2. The Morgan fingerprint density at radius 1 is 0.852 bits per heavy atom. The van der Waals surface area contributed by atoms with Crippen molar-refractivity contribution < 1.29 is 14.3 Å². The molecule has 1 N–H and O–H groups in total. The minimum Gasteiger partial charge on any atom is -0.493 e. The van der Waals surface area contributed by atoms with Crippen LogP contribution < -0.4 is 19.9 Å². The predicted molar refractivity (Wildman–Crippen MR) is 106 cm³/mol. The summed E-state index contributed by atoms with van der Waals surface area (Å²) in [6, 6.07) is 26.9. The van der Waals surface area contributed by atoms with Gasteiger partial charge in [0.2, 0.25) is 0 Å². The highest BCUT2D eigenvalue weighted by Crippen LogP contribution is 2.25. The highest BCUT2D eigenvalue weighted by atomic mass is 16.5. The first-order valence-corrected chi connectivity index (χ1v) is 8.68. The quantitative estimate of drug-likeness (QED) is 0.619. The van der Waals surface area contributed by atoms with Gasteiger partial charge in [-0.15, -0.1) is 0 Å². The Hall–Kier alpha value is -3.47. The maximum Gasteiger partial charge on any atom is 0.276 e. The molecular formula is C22H22N2O3. The van der Waals surface area contributed by atoms with Crippen LogP contribution in [0.3, 0.4) is 0 Å². The Morgan fingerprint density at radius 2 is 1.44 bits per heavy atom. The number of amides is 1. The largest absolute Gasteiger partial charge is 0.493 e. The molecule has 0 atom stereocenters. The summed E-state index contributed by atoms with van der Waals surface area (Å²) in [6.45, 7) is 0.434. The molecule has 0 spiro atoms. The standard InChI is InChI=1S/C22H22N2O3/c1-26-20-14-8-9-15-21(20)27-17-22(25)23-24(19-12-6-3-7-13-19)16-18-10-4-2-5-11-18/h2-15H,16-17H2,1H3,(H,23,25). The van der Waals surface area contributed by atoms with E-state index in [4.69, 9.17) is 9.47 Å². The van der Waals surface area contributed by atoms with Gasteiger partial charge in [0.05, 0.1) is 19.3 Å². The highest BCUT2D eigenvalue weighted by Gasteiger charge is 2.12. The third kappa shape index (κ3) is 5.25. The van der Waals surface area contributed by atoms with Crippen molar-refractivity contribution in [1.29, 1.82) is 0 Å². The van der Waals surface area contributed by atoms with E-state index in [0.29, 0.717) is 18.0 Å². The van der Waals surface area contributed by atoms with Gasteiger partial charge in [-0.2, -0.15) is 0 Å². The van der Waals surface area contributed by atoms with Crippen LogP contribution >= 0.6 is 0 Å². The van der Waals surface area contributed by atoms with Gasteiger partial charge in [0.15, 0.2) is 18.1 Å². The molecular weight excluding hydrogens is 340 g/mol. The van der Waals surface area contributed by atoms with Crippen molar-refractivity contribution >= 4 is 11.6 Å². The van der Waals surface area contributed by atoms with Crippen molar-refractivity contribution in [3.05, 3.63) is 90.5 Å². The number of nitrogens with zero attached hydrogens (tertiary/aromatic N) is 1. The summed E-state index contributed by atoms with van der Waals surface area (Å²) >= 11 is 0. The molecule has 1 amide bonds. The van der Waals surface area contributed by atoms with Crippen molar-refractivity contribution in [2.24, 2.45) is 0 Å². The molecule has 0 heterocycles. The van der Waals surface area contributed by atoms with E-state index in [9.17, 15) is 4.79 Å². The third-order valence-electron chi connectivity index (χ3n) is 3.94. The molecule has 0 fully saturated rings. The third-order valence-corrected chi connectivity index (χ3v) is 3.94. The van der Waals surface area contributed by atoms with Crippen LogP contribution in [0, 0.1) is 0 Å². The fourth-order valence-electron chi connectivity index (χ4n) is 2.63. The molecule has 27 heavy (non-hydrogen) atoms. The molecule has 0 unspecified atom stereocenters. The molecule has 0 radical (unpaired) electrons. The summed E-state index contributed by atoms with van der Waals surface area (Å²) in [5.41, 5.74) is 4.90. The van der Waals surface area contributed by atoms with Crippen molar-refractivity contribution in [3.63, 3.8) is 0 Å². The van der Waals surface area contributed by atoms with E-state index in [0.717, 1.165) is 11.3 Å². The van der Waals surface area contributed by atoms with E-state index in [1.807, 2.05) is 77.8 Å². The van der Waals surface area contributed by atoms with E-state index in [2.05, 4.69) is 5.43 Å². The van der Waals surface area contributed by atoms with Gasteiger partial charge in [0, 0.05) is 0 Å². The number of rotatable bonds is 8. The minimum absolute atomic E-state index is 0.113. The second kappa shape index (κ2) is 9.29. The van der Waals surface area contributed by atoms with Crippen LogP contribution in [-0.4, -0.2) is 19.6 Å². The average Bonchev–Trinajstić information content (AvgIpc) is 2.73. The zero-order chi connectivity index (χ0) is 18.9. The Kier molecular flexibility index (Phi) is 6.30. The molecule has 5 heteroatoms. The fourth-order valence-corrected chi connectivity index (χ4v) is 2.63. The molecule has 0 saturated heterocycles. The number of anilines is 1. The Balaban J connectivity index is 1.67. The fraction of sp³-hybridized carbons (Fsp3) is 0.136. The number of ether oxygens (including phenoxy) is 2. The first kappa shape index (κ1) is 18.3. The van der Waals surface area contributed by atoms with Gasteiger partial charge in [0.25, 0.3) is 5.91 Å². The Labute approximate surface area is 159 Å². The normalized spacial score (nSPS) is 10.1. The van der Waals surface area contributed by atoms with Crippen LogP contribution in [0.1, 0.15) is 5.56 Å². The molecule has 0 saturated carbocycles. The van der Waals surface area contributed by atoms with Gasteiger partial charge in [-0.05, 0) is 29.8 Å². The molecule has 0 aliphatic heterocycles. The zero-order valence-corrected chi connectivity index (χ0v) is 15.2. The summed E-state index contributed by atoms with van der Waals surface area (Å²) < 4.78 is 10.9. The number of carbonyl (C=O) groups excluding carboxylic acids is 1. The number of nitrogens with one attached hydrogen (secondary N) is 1. The van der Waals surface area contributed by atoms with Crippen LogP contribution in [0.15, 0.2) is 84.9 Å². The lowest BCUT2D eigenvalue weighted by molar-refractivity contribution is -0.123. The number of methoxy groups -OCH3 is 1. The Bertz CT molecular complexity index is 854. The first-order chi connectivity index (χ1) is 13.3. The number of hydrogen-bond donors (Lipinski definition) is 1. The van der Waals surface area contributed by atoms with Crippen molar-refractivity contribution in [1.82, 2.24) is 5.43 Å². The van der Waals surface area contributed by atoms with Gasteiger partial charge in [-0.25, -0.2) is 0 Å². The highest BCUT2D eigenvalue weighted by molar-refractivity contribution is 5.79. The maximum absolute atomic E-state index is 12.5. The lowest BCUT2D eigenvalue weighted by Crippen LogP contribution is -2.44. The molecule has 138 valence electrons. The number of hydrogen-bond acceptors (Lipinski definition) is 4. The van der Waals surface area contributed by atoms with Crippen LogP contribution in [0.25, 0.3) is 0 Å². The van der Waals surface area contributed by atoms with Crippen molar-refractivity contribution in [2.45, 2.75) is 6.54 Å². The summed E-state index contributed by atoms with van der Waals surface area (Å²) in [4.78, 5) is 12.5. The summed E-state index contributed by atoms with van der Waals surface area (Å²) in [6.07, 6.45) is 0. The summed E-state index contributed by atoms with van der Waals surface area (Å²) in [5, 5.41) is 1.81. The van der Waals surface area contributed by atoms with E-state index in [-0.39, 0.29) is 12.5 Å². The van der Waals surface area contributed by atoms with Gasteiger partial charge < -0.3 is 9.47 Å². The zero-order valence-electron chi connectivity index (χ0n) is 15.2. The smallest absolute Gasteiger partial charge is 0.276 e. The molecule has 3 aromatic rings. The summed E-state index contributed by atoms with van der Waals surface area (Å²) in [7, 11) is 1.57. The number of para-hydroxylation sites is 3. The minimum atomic E-state index is -0.249. The van der Waals surface area contributed by atoms with Gasteiger partial charge in [-0.1, -0.05) is 60.7 Å². The second-order valence-corrected chi connectivity index (χ2v) is 5.88. The number of carbonyl (C=O) groups is 1. The Morgan fingerprint density at radius 3 is 2.11 bits per heavy atom. The molecule has 3 rings (SSSR count). The molecule has 0 aromatic heterocycles. The van der Waals surface area contributed by atoms with Crippen LogP contribution in [0.2, 0.25) is 0 Å². The topological polar surface area (TPSA) is 50.8 Å². The van der Waals surface area contributed by atoms with Crippen LogP contribution in [0.5, 0.6) is 11.5 Å². The van der Waals surface area contributed by atoms with Crippen LogP contribution in [0.4, 0.5) is 5.69 Å². The first-order valence-electron chi connectivity index (χ1n) is 8.68. The molecule has 0 bridgehead atoms. The van der Waals surface area contributed by atoms with Gasteiger partial charge in [0.1, 0.15) is 0 Å². The van der Waals surface area contributed by atoms with Crippen molar-refractivity contribution in [2.75, 3.05) is 18.7 Å². The van der Waals surface area contributed by atoms with E-state index < -0.39 is 0 Å². The SMILES string of the molecule is COc1ccccc1OCC(=O)NN(Cc1ccccc1)c1ccccc1. The lowest BCUT2D eigenvalue weighted by Gasteiger charge is -2.25. The number of hydrazine groups is 1. The van der Waals surface area contributed by atoms with E-state index >= 15 is 0 Å². The molecule has 0 aliphatic carbocycles. The summed E-state index contributed by atoms with van der Waals surface area (Å²) in [5.74, 6) is 0.875. The van der Waals surface area contributed by atoms with Gasteiger partial charge in [-0.3, -0.25) is 15.2 Å². The second-order valence-electron chi connectivity index (χ2n) is 5.88. The van der Waals surface area contributed by atoms with Gasteiger partial charge >= 0.3 is 0 Å². The molecule has 0 aliphatic rings.